The van der Waals surface area contributed by atoms with Crippen molar-refractivity contribution in [3.63, 3.8) is 0 Å². The number of methoxy groups -OCH3 is 2. The quantitative estimate of drug-likeness (QED) is 0.736. The van der Waals surface area contributed by atoms with Gasteiger partial charge in [0.05, 0.1) is 19.9 Å². The fraction of sp³-hybridized carbons (Fsp3) is 0.400. The summed E-state index contributed by atoms with van der Waals surface area (Å²) in [4.78, 5) is 4.95. The molecular weight excluding hydrogens is 371 g/mol. The van der Waals surface area contributed by atoms with Crippen molar-refractivity contribution in [3.05, 3.63) is 54.1 Å². The molecule has 0 amide bonds. The van der Waals surface area contributed by atoms with E-state index in [2.05, 4.69) is 40.1 Å². The van der Waals surface area contributed by atoms with Gasteiger partial charge in [-0.3, -0.25) is 4.90 Å². The van der Waals surface area contributed by atoms with E-state index >= 15 is 0 Å². The molecular formula is C20H28Cl2N2O2. The fourth-order valence-corrected chi connectivity index (χ4v) is 3.22. The first-order valence-electron chi connectivity index (χ1n) is 8.53. The molecule has 1 aliphatic rings. The van der Waals surface area contributed by atoms with Gasteiger partial charge < -0.3 is 14.4 Å². The van der Waals surface area contributed by atoms with Crippen LogP contribution in [0, 0.1) is 0 Å². The Morgan fingerprint density at radius 3 is 2.27 bits per heavy atom. The minimum atomic E-state index is 0. The van der Waals surface area contributed by atoms with Crippen molar-refractivity contribution in [1.82, 2.24) is 4.90 Å². The predicted molar refractivity (Wildman–Crippen MR) is 113 cm³/mol. The second-order valence-corrected chi connectivity index (χ2v) is 6.10. The number of nitrogens with zero attached hydrogens (tertiary/aromatic N) is 2. The van der Waals surface area contributed by atoms with E-state index in [0.717, 1.165) is 50.6 Å². The highest BCUT2D eigenvalue weighted by atomic mass is 35.5. The molecule has 4 nitrogen and oxygen atoms in total. The molecule has 144 valence electrons. The van der Waals surface area contributed by atoms with Crippen LogP contribution in [0.25, 0.3) is 0 Å². The first kappa shape index (κ1) is 22.4. The van der Waals surface area contributed by atoms with Crippen LogP contribution in [0.3, 0.4) is 0 Å². The molecule has 2 aromatic rings. The molecule has 2 aromatic carbocycles. The number of anilines is 1. The Morgan fingerprint density at radius 1 is 0.846 bits per heavy atom. The van der Waals surface area contributed by atoms with E-state index in [1.165, 1.54) is 11.3 Å². The maximum Gasteiger partial charge on any atom is 0.142 e. The second kappa shape index (κ2) is 11.2. The second-order valence-electron chi connectivity index (χ2n) is 6.10. The normalized spacial score (nSPS) is 14.2. The van der Waals surface area contributed by atoms with E-state index in [-0.39, 0.29) is 24.8 Å². The molecule has 0 saturated carbocycles. The Kier molecular flexibility index (Phi) is 9.63. The SMILES string of the molecule is COc1cccc(CCN2CCN(c3ccccc3OC)CC2)c1.Cl.Cl. The average Bonchev–Trinajstić information content (AvgIpc) is 2.67. The van der Waals surface area contributed by atoms with Gasteiger partial charge in [-0.1, -0.05) is 24.3 Å². The van der Waals surface area contributed by atoms with E-state index in [0.29, 0.717) is 0 Å². The Balaban J connectivity index is 0.00000169. The Hall–Kier alpha value is -1.62. The molecule has 6 heteroatoms. The molecule has 0 radical (unpaired) electrons. The summed E-state index contributed by atoms with van der Waals surface area (Å²) < 4.78 is 10.8. The molecule has 1 heterocycles. The molecule has 0 atom stereocenters. The van der Waals surface area contributed by atoms with Crippen molar-refractivity contribution in [2.24, 2.45) is 0 Å². The van der Waals surface area contributed by atoms with Gasteiger partial charge in [-0.2, -0.15) is 0 Å². The van der Waals surface area contributed by atoms with Gasteiger partial charge in [-0.25, -0.2) is 0 Å². The van der Waals surface area contributed by atoms with Crippen LogP contribution in [0.5, 0.6) is 11.5 Å². The summed E-state index contributed by atoms with van der Waals surface area (Å²) in [5, 5.41) is 0. The third-order valence-electron chi connectivity index (χ3n) is 4.65. The summed E-state index contributed by atoms with van der Waals surface area (Å²) in [6.45, 7) is 5.34. The van der Waals surface area contributed by atoms with Crippen LogP contribution in [0.4, 0.5) is 5.69 Å². The maximum atomic E-state index is 5.49. The number of hydrogen-bond acceptors (Lipinski definition) is 4. The zero-order chi connectivity index (χ0) is 16.8. The zero-order valence-electron chi connectivity index (χ0n) is 15.4. The van der Waals surface area contributed by atoms with Crippen molar-refractivity contribution < 1.29 is 9.47 Å². The number of halogens is 2. The molecule has 0 N–H and O–H groups in total. The summed E-state index contributed by atoms with van der Waals surface area (Å²) in [6, 6.07) is 16.6. The molecule has 1 aliphatic heterocycles. The third-order valence-corrected chi connectivity index (χ3v) is 4.65. The molecule has 26 heavy (non-hydrogen) atoms. The highest BCUT2D eigenvalue weighted by Gasteiger charge is 2.19. The highest BCUT2D eigenvalue weighted by Crippen LogP contribution is 2.28. The molecule has 0 aliphatic carbocycles. The number of benzene rings is 2. The van der Waals surface area contributed by atoms with Crippen LogP contribution in [0.1, 0.15) is 5.56 Å². The Labute approximate surface area is 168 Å². The van der Waals surface area contributed by atoms with Gasteiger partial charge in [0.1, 0.15) is 11.5 Å². The van der Waals surface area contributed by atoms with Crippen molar-refractivity contribution in [1.29, 1.82) is 0 Å². The van der Waals surface area contributed by atoms with Crippen LogP contribution in [0.2, 0.25) is 0 Å². The Morgan fingerprint density at radius 2 is 1.58 bits per heavy atom. The summed E-state index contributed by atoms with van der Waals surface area (Å²) in [7, 11) is 3.46. The van der Waals surface area contributed by atoms with Crippen LogP contribution in [-0.4, -0.2) is 51.8 Å². The van der Waals surface area contributed by atoms with E-state index < -0.39 is 0 Å². The van der Waals surface area contributed by atoms with Crippen molar-refractivity contribution >= 4 is 30.5 Å². The van der Waals surface area contributed by atoms with Gasteiger partial charge in [0.2, 0.25) is 0 Å². The highest BCUT2D eigenvalue weighted by molar-refractivity contribution is 5.85. The monoisotopic (exact) mass is 398 g/mol. The lowest BCUT2D eigenvalue weighted by Crippen LogP contribution is -2.47. The number of hydrogen-bond donors (Lipinski definition) is 0. The number of rotatable bonds is 6. The molecule has 1 saturated heterocycles. The largest absolute Gasteiger partial charge is 0.497 e. The molecule has 1 fully saturated rings. The third kappa shape index (κ3) is 5.70. The van der Waals surface area contributed by atoms with Gasteiger partial charge in [0.15, 0.2) is 0 Å². The van der Waals surface area contributed by atoms with Gasteiger partial charge in [-0.05, 0) is 36.2 Å². The molecule has 0 unspecified atom stereocenters. The Bertz CT molecular complexity index is 662. The molecule has 0 spiro atoms. The minimum Gasteiger partial charge on any atom is -0.497 e. The topological polar surface area (TPSA) is 24.9 Å². The van der Waals surface area contributed by atoms with Crippen LogP contribution in [0.15, 0.2) is 48.5 Å². The summed E-state index contributed by atoms with van der Waals surface area (Å²) in [5.41, 5.74) is 2.54. The van der Waals surface area contributed by atoms with Gasteiger partial charge in [-0.15, -0.1) is 24.8 Å². The lowest BCUT2D eigenvalue weighted by molar-refractivity contribution is 0.260. The number of para-hydroxylation sites is 2. The summed E-state index contributed by atoms with van der Waals surface area (Å²) >= 11 is 0. The van der Waals surface area contributed by atoms with Crippen LogP contribution in [-0.2, 0) is 6.42 Å². The first-order valence-corrected chi connectivity index (χ1v) is 8.53. The average molecular weight is 399 g/mol. The van der Waals surface area contributed by atoms with E-state index in [9.17, 15) is 0 Å². The van der Waals surface area contributed by atoms with Crippen molar-refractivity contribution in [3.8, 4) is 11.5 Å². The minimum absolute atomic E-state index is 0. The molecule has 0 bridgehead atoms. The van der Waals surface area contributed by atoms with Gasteiger partial charge in [0, 0.05) is 32.7 Å². The zero-order valence-corrected chi connectivity index (χ0v) is 17.0. The van der Waals surface area contributed by atoms with Gasteiger partial charge in [0.25, 0.3) is 0 Å². The lowest BCUT2D eigenvalue weighted by Gasteiger charge is -2.36. The van der Waals surface area contributed by atoms with Crippen LogP contribution < -0.4 is 14.4 Å². The van der Waals surface area contributed by atoms with E-state index in [1.54, 1.807) is 14.2 Å². The first-order chi connectivity index (χ1) is 11.8. The van der Waals surface area contributed by atoms with Crippen LogP contribution >= 0.6 is 24.8 Å². The van der Waals surface area contributed by atoms with Crippen molar-refractivity contribution in [2.45, 2.75) is 6.42 Å². The molecule has 0 aromatic heterocycles. The number of ether oxygens (including phenoxy) is 2. The number of piperazine rings is 1. The van der Waals surface area contributed by atoms with Gasteiger partial charge >= 0.3 is 0 Å². The standard InChI is InChI=1S/C20H26N2O2.2ClH/c1-23-18-7-5-6-17(16-18)10-11-21-12-14-22(15-13-21)19-8-3-4-9-20(19)24-2;;/h3-9,16H,10-15H2,1-2H3;2*1H. The molecule has 3 rings (SSSR count). The fourth-order valence-electron chi connectivity index (χ4n) is 3.22. The van der Waals surface area contributed by atoms with Crippen molar-refractivity contribution in [2.75, 3.05) is 51.8 Å². The summed E-state index contributed by atoms with van der Waals surface area (Å²) in [5.74, 6) is 1.90. The maximum absolute atomic E-state index is 5.49. The summed E-state index contributed by atoms with van der Waals surface area (Å²) in [6.07, 6.45) is 1.06. The lowest BCUT2D eigenvalue weighted by atomic mass is 10.1. The van der Waals surface area contributed by atoms with E-state index in [4.69, 9.17) is 9.47 Å². The van der Waals surface area contributed by atoms with E-state index in [1.807, 2.05) is 18.2 Å². The predicted octanol–water partition coefficient (Wildman–Crippen LogP) is 3.91. The smallest absolute Gasteiger partial charge is 0.142 e.